The lowest BCUT2D eigenvalue weighted by atomic mass is 10.1. The summed E-state index contributed by atoms with van der Waals surface area (Å²) in [5, 5.41) is 41.4. The van der Waals surface area contributed by atoms with Crippen LogP contribution in [0.3, 0.4) is 0 Å². The Labute approximate surface area is 112 Å². The SMILES string of the molecule is O=c1[nH]c2c([N+](=O)[O-])cc([N+](=O)[O-])cc2c(O)c1[N+](=O)[O-]. The van der Waals surface area contributed by atoms with Gasteiger partial charge in [-0.1, -0.05) is 0 Å². The zero-order valence-electron chi connectivity index (χ0n) is 9.80. The van der Waals surface area contributed by atoms with Crippen molar-refractivity contribution in [2.24, 2.45) is 0 Å². The Balaban J connectivity index is 3.06. The third kappa shape index (κ3) is 2.09. The lowest BCUT2D eigenvalue weighted by Gasteiger charge is -2.03. The summed E-state index contributed by atoms with van der Waals surface area (Å²) in [6, 6.07) is 1.27. The average Bonchev–Trinajstić information content (AvgIpc) is 2.36. The van der Waals surface area contributed by atoms with E-state index in [1.807, 2.05) is 4.98 Å². The summed E-state index contributed by atoms with van der Waals surface area (Å²) < 4.78 is 0. The Bertz CT molecular complexity index is 870. The van der Waals surface area contributed by atoms with Gasteiger partial charge in [0, 0.05) is 6.07 Å². The van der Waals surface area contributed by atoms with E-state index in [0.29, 0.717) is 12.1 Å². The molecule has 0 aliphatic carbocycles. The van der Waals surface area contributed by atoms with Gasteiger partial charge >= 0.3 is 11.2 Å². The van der Waals surface area contributed by atoms with Gasteiger partial charge in [0.1, 0.15) is 5.52 Å². The minimum absolute atomic E-state index is 0.543. The van der Waals surface area contributed by atoms with Gasteiger partial charge in [-0.15, -0.1) is 0 Å². The Kier molecular flexibility index (Phi) is 2.98. The number of pyridine rings is 1. The zero-order chi connectivity index (χ0) is 15.9. The molecule has 108 valence electrons. The second kappa shape index (κ2) is 4.52. The van der Waals surface area contributed by atoms with E-state index in [-0.39, 0.29) is 0 Å². The molecule has 1 aromatic carbocycles. The van der Waals surface area contributed by atoms with Crippen LogP contribution in [0, 0.1) is 30.3 Å². The van der Waals surface area contributed by atoms with Gasteiger partial charge in [-0.3, -0.25) is 35.1 Å². The van der Waals surface area contributed by atoms with Crippen LogP contribution in [-0.4, -0.2) is 24.9 Å². The highest BCUT2D eigenvalue weighted by atomic mass is 16.6. The van der Waals surface area contributed by atoms with E-state index in [0.717, 1.165) is 0 Å². The quantitative estimate of drug-likeness (QED) is 0.619. The van der Waals surface area contributed by atoms with Gasteiger partial charge in [-0.2, -0.15) is 0 Å². The van der Waals surface area contributed by atoms with Crippen molar-refractivity contribution in [3.8, 4) is 5.75 Å². The van der Waals surface area contributed by atoms with Crippen LogP contribution in [0.4, 0.5) is 17.1 Å². The van der Waals surface area contributed by atoms with Crippen molar-refractivity contribution in [2.45, 2.75) is 0 Å². The van der Waals surface area contributed by atoms with Crippen LogP contribution in [-0.2, 0) is 0 Å². The molecule has 21 heavy (non-hydrogen) atoms. The lowest BCUT2D eigenvalue weighted by molar-refractivity contribution is -0.393. The van der Waals surface area contributed by atoms with Crippen LogP contribution in [0.5, 0.6) is 5.75 Å². The fraction of sp³-hybridized carbons (Fsp3) is 0. The van der Waals surface area contributed by atoms with Crippen molar-refractivity contribution < 1.29 is 19.9 Å². The van der Waals surface area contributed by atoms with Crippen molar-refractivity contribution in [1.82, 2.24) is 4.98 Å². The van der Waals surface area contributed by atoms with E-state index in [2.05, 4.69) is 0 Å². The minimum Gasteiger partial charge on any atom is -0.501 e. The van der Waals surface area contributed by atoms with Crippen LogP contribution in [0.2, 0.25) is 0 Å². The van der Waals surface area contributed by atoms with Crippen molar-refractivity contribution >= 4 is 28.0 Å². The molecule has 12 heteroatoms. The third-order valence-electron chi connectivity index (χ3n) is 2.63. The number of aromatic nitrogens is 1. The number of fused-ring (bicyclic) bond motifs is 1. The number of nitro benzene ring substituents is 2. The molecule has 0 fully saturated rings. The average molecular weight is 296 g/mol. The van der Waals surface area contributed by atoms with Gasteiger partial charge in [-0.25, -0.2) is 0 Å². The second-order valence-corrected chi connectivity index (χ2v) is 3.81. The molecule has 0 unspecified atom stereocenters. The van der Waals surface area contributed by atoms with E-state index >= 15 is 0 Å². The van der Waals surface area contributed by atoms with Crippen molar-refractivity contribution in [3.05, 3.63) is 52.8 Å². The van der Waals surface area contributed by atoms with Crippen molar-refractivity contribution in [3.63, 3.8) is 0 Å². The molecule has 1 heterocycles. The molecule has 0 aliphatic rings. The fourth-order valence-electron chi connectivity index (χ4n) is 1.76. The summed E-state index contributed by atoms with van der Waals surface area (Å²) in [6.45, 7) is 0. The number of nitro groups is 3. The Morgan fingerprint density at radius 2 is 1.62 bits per heavy atom. The van der Waals surface area contributed by atoms with Gasteiger partial charge in [0.2, 0.25) is 5.75 Å². The minimum atomic E-state index is -1.36. The Hall–Kier alpha value is -3.57. The first-order chi connectivity index (χ1) is 9.73. The lowest BCUT2D eigenvalue weighted by Crippen LogP contribution is -2.12. The highest BCUT2D eigenvalue weighted by molar-refractivity contribution is 5.95. The van der Waals surface area contributed by atoms with Crippen molar-refractivity contribution in [2.75, 3.05) is 0 Å². The van der Waals surface area contributed by atoms with Gasteiger partial charge in [-0.05, 0) is 0 Å². The molecule has 1 aromatic heterocycles. The molecular weight excluding hydrogens is 292 g/mol. The Morgan fingerprint density at radius 3 is 2.10 bits per heavy atom. The van der Waals surface area contributed by atoms with Gasteiger partial charge in [0.25, 0.3) is 11.4 Å². The molecule has 12 nitrogen and oxygen atoms in total. The first-order valence-corrected chi connectivity index (χ1v) is 5.10. The fourth-order valence-corrected chi connectivity index (χ4v) is 1.76. The maximum atomic E-state index is 11.5. The number of rotatable bonds is 3. The van der Waals surface area contributed by atoms with E-state index < -0.39 is 54.0 Å². The largest absolute Gasteiger partial charge is 0.501 e. The molecule has 0 spiro atoms. The molecule has 0 aliphatic heterocycles. The topological polar surface area (TPSA) is 183 Å². The van der Waals surface area contributed by atoms with Crippen LogP contribution in [0.1, 0.15) is 0 Å². The number of hydrogen-bond acceptors (Lipinski definition) is 8. The van der Waals surface area contributed by atoms with Gasteiger partial charge in [0.15, 0.2) is 0 Å². The van der Waals surface area contributed by atoms with Crippen LogP contribution < -0.4 is 5.56 Å². The predicted molar refractivity (Wildman–Crippen MR) is 66.2 cm³/mol. The van der Waals surface area contributed by atoms with E-state index in [1.165, 1.54) is 0 Å². The van der Waals surface area contributed by atoms with Gasteiger partial charge < -0.3 is 10.1 Å². The summed E-state index contributed by atoms with van der Waals surface area (Å²) >= 11 is 0. The standard InChI is InChI=1S/C9H4N4O8/c14-8-4-1-3(11(16)17)2-5(12(18)19)6(4)10-9(15)7(8)13(20)21/h1-2H,(H2,10,14,15). The van der Waals surface area contributed by atoms with E-state index in [9.17, 15) is 40.2 Å². The van der Waals surface area contributed by atoms with Gasteiger partial charge in [0.05, 0.1) is 26.2 Å². The molecule has 0 radical (unpaired) electrons. The van der Waals surface area contributed by atoms with Crippen LogP contribution in [0.15, 0.2) is 16.9 Å². The first-order valence-electron chi connectivity index (χ1n) is 5.10. The first kappa shape index (κ1) is 13.9. The molecule has 2 aromatic rings. The predicted octanol–water partition coefficient (Wildman–Crippen LogP) is 0.958. The molecule has 2 N–H and O–H groups in total. The monoisotopic (exact) mass is 296 g/mol. The number of aromatic amines is 1. The number of aromatic hydroxyl groups is 1. The molecule has 0 atom stereocenters. The highest BCUT2D eigenvalue weighted by Crippen LogP contribution is 2.36. The third-order valence-corrected chi connectivity index (χ3v) is 2.63. The number of nitrogens with one attached hydrogen (secondary N) is 1. The summed E-state index contributed by atoms with van der Waals surface area (Å²) in [4.78, 5) is 42.4. The molecular formula is C9H4N4O8. The van der Waals surface area contributed by atoms with Crippen molar-refractivity contribution in [1.29, 1.82) is 0 Å². The number of nitrogens with zero attached hydrogens (tertiary/aromatic N) is 3. The summed E-state index contributed by atoms with van der Waals surface area (Å²) in [7, 11) is 0. The second-order valence-electron chi connectivity index (χ2n) is 3.81. The van der Waals surface area contributed by atoms with Crippen LogP contribution in [0.25, 0.3) is 10.9 Å². The normalized spacial score (nSPS) is 10.5. The molecule has 0 saturated heterocycles. The smallest absolute Gasteiger partial charge is 0.375 e. The number of hydrogen-bond donors (Lipinski definition) is 2. The molecule has 0 bridgehead atoms. The number of H-pyrrole nitrogens is 1. The van der Waals surface area contributed by atoms with E-state index in [1.54, 1.807) is 0 Å². The Morgan fingerprint density at radius 1 is 1.00 bits per heavy atom. The number of non-ortho nitro benzene ring substituents is 2. The molecule has 0 saturated carbocycles. The van der Waals surface area contributed by atoms with E-state index in [4.69, 9.17) is 0 Å². The maximum Gasteiger partial charge on any atom is 0.375 e. The maximum absolute atomic E-state index is 11.5. The summed E-state index contributed by atoms with van der Waals surface area (Å²) in [5.41, 5.74) is -4.77. The molecule has 0 amide bonds. The molecule has 2 rings (SSSR count). The summed E-state index contributed by atoms with van der Waals surface area (Å²) in [6.07, 6.45) is 0. The number of benzene rings is 1. The highest BCUT2D eigenvalue weighted by Gasteiger charge is 2.28. The summed E-state index contributed by atoms with van der Waals surface area (Å²) in [5.74, 6) is -1.18. The van der Waals surface area contributed by atoms with Crippen LogP contribution >= 0.6 is 0 Å². The zero-order valence-corrected chi connectivity index (χ0v) is 9.80.